The molecule has 16 heavy (non-hydrogen) atoms. The van der Waals surface area contributed by atoms with Crippen LogP contribution in [-0.4, -0.2) is 25.1 Å². The lowest BCUT2D eigenvalue weighted by Crippen LogP contribution is -1.99. The summed E-state index contributed by atoms with van der Waals surface area (Å²) in [6, 6.07) is 10.1. The molecule has 1 aromatic carbocycles. The topological polar surface area (TPSA) is 38.8 Å². The highest BCUT2D eigenvalue weighted by molar-refractivity contribution is 5.60. The minimum absolute atomic E-state index is 0.144. The monoisotopic (exact) mass is 220 g/mol. The molecule has 1 heterocycles. The van der Waals surface area contributed by atoms with Crippen molar-refractivity contribution in [2.75, 3.05) is 6.61 Å². The Hall–Kier alpha value is -1.19. The van der Waals surface area contributed by atoms with Crippen molar-refractivity contribution in [2.24, 2.45) is 0 Å². The third-order valence-electron chi connectivity index (χ3n) is 2.64. The molecule has 1 aliphatic heterocycles. The van der Waals surface area contributed by atoms with Crippen LogP contribution >= 0.6 is 0 Å². The van der Waals surface area contributed by atoms with Crippen molar-refractivity contribution in [3.8, 4) is 0 Å². The number of hydrogen-bond donors (Lipinski definition) is 0. The summed E-state index contributed by atoms with van der Waals surface area (Å²) < 4.78 is 10.6. The number of ether oxygens (including phenoxy) is 2. The molecule has 0 aliphatic carbocycles. The van der Waals surface area contributed by atoms with Crippen LogP contribution in [0.2, 0.25) is 0 Å². The van der Waals surface area contributed by atoms with E-state index < -0.39 is 0 Å². The molecule has 0 spiro atoms. The normalized spacial score (nSPS) is 23.0. The fraction of sp³-hybridized carbons (Fsp3) is 0.462. The quantitative estimate of drug-likeness (QED) is 0.400. The Kier molecular flexibility index (Phi) is 4.08. The van der Waals surface area contributed by atoms with Gasteiger partial charge in [-0.15, -0.1) is 0 Å². The van der Waals surface area contributed by atoms with E-state index in [0.29, 0.717) is 6.61 Å². The molecule has 0 aromatic heterocycles. The van der Waals surface area contributed by atoms with Crippen molar-refractivity contribution in [3.05, 3.63) is 35.9 Å². The van der Waals surface area contributed by atoms with E-state index in [0.717, 1.165) is 25.7 Å². The lowest BCUT2D eigenvalue weighted by molar-refractivity contribution is -0.108. The zero-order valence-electron chi connectivity index (χ0n) is 9.17. The van der Waals surface area contributed by atoms with E-state index in [1.54, 1.807) is 0 Å². The predicted octanol–water partition coefficient (Wildman–Crippen LogP) is 1.95. The second-order valence-electron chi connectivity index (χ2n) is 3.96. The molecule has 0 radical (unpaired) electrons. The molecular weight excluding hydrogens is 204 g/mol. The highest BCUT2D eigenvalue weighted by Crippen LogP contribution is 2.24. The summed E-state index contributed by atoms with van der Waals surface area (Å²) in [5.74, 6) is 0. The molecule has 86 valence electrons. The molecular formula is C13H16O3. The molecule has 1 fully saturated rings. The maximum Gasteiger partial charge on any atom is 0.151 e. The Bertz CT molecular complexity index is 323. The van der Waals surface area contributed by atoms with Crippen molar-refractivity contribution < 1.29 is 14.3 Å². The van der Waals surface area contributed by atoms with Gasteiger partial charge in [0.15, 0.2) is 6.29 Å². The minimum Gasteiger partial charge on any atom is -0.377 e. The first-order valence-electron chi connectivity index (χ1n) is 5.62. The van der Waals surface area contributed by atoms with Crippen molar-refractivity contribution in [1.29, 1.82) is 0 Å². The van der Waals surface area contributed by atoms with E-state index >= 15 is 0 Å². The highest BCUT2D eigenvalue weighted by atomic mass is 16.6. The Morgan fingerprint density at radius 2 is 2.12 bits per heavy atom. The fourth-order valence-electron chi connectivity index (χ4n) is 1.66. The SMILES string of the molecule is O=C[C@@H]1O[C@@H]1CCCOCc1ccccc1. The number of rotatable bonds is 7. The van der Waals surface area contributed by atoms with Crippen LogP contribution in [0.1, 0.15) is 18.4 Å². The van der Waals surface area contributed by atoms with Gasteiger partial charge in [-0.2, -0.15) is 0 Å². The zero-order chi connectivity index (χ0) is 11.2. The second kappa shape index (κ2) is 5.77. The Morgan fingerprint density at radius 3 is 2.81 bits per heavy atom. The highest BCUT2D eigenvalue weighted by Gasteiger charge is 2.37. The van der Waals surface area contributed by atoms with Gasteiger partial charge in [0.1, 0.15) is 6.10 Å². The summed E-state index contributed by atoms with van der Waals surface area (Å²) in [6.45, 7) is 1.38. The predicted molar refractivity (Wildman–Crippen MR) is 60.1 cm³/mol. The molecule has 3 nitrogen and oxygen atoms in total. The zero-order valence-corrected chi connectivity index (χ0v) is 9.17. The van der Waals surface area contributed by atoms with E-state index in [2.05, 4.69) is 0 Å². The third kappa shape index (κ3) is 3.43. The minimum atomic E-state index is -0.144. The maximum absolute atomic E-state index is 10.3. The Morgan fingerprint density at radius 1 is 1.31 bits per heavy atom. The van der Waals surface area contributed by atoms with Gasteiger partial charge in [-0.3, -0.25) is 0 Å². The summed E-state index contributed by atoms with van der Waals surface area (Å²) in [5, 5.41) is 0. The first kappa shape index (κ1) is 11.3. The van der Waals surface area contributed by atoms with Gasteiger partial charge >= 0.3 is 0 Å². The standard InChI is InChI=1S/C13H16O3/c14-9-13-12(16-13)7-4-8-15-10-11-5-2-1-3-6-11/h1-3,5-6,9,12-13H,4,7-8,10H2/t12-,13+/m1/s1. The molecule has 0 N–H and O–H groups in total. The molecule has 0 amide bonds. The lowest BCUT2D eigenvalue weighted by atomic mass is 10.2. The average molecular weight is 220 g/mol. The van der Waals surface area contributed by atoms with Crippen molar-refractivity contribution >= 4 is 6.29 Å². The Labute approximate surface area is 95.4 Å². The molecule has 2 atom stereocenters. The summed E-state index contributed by atoms with van der Waals surface area (Å²) in [5.41, 5.74) is 1.19. The van der Waals surface area contributed by atoms with Crippen molar-refractivity contribution in [1.82, 2.24) is 0 Å². The smallest absolute Gasteiger partial charge is 0.151 e. The third-order valence-corrected chi connectivity index (χ3v) is 2.64. The van der Waals surface area contributed by atoms with Gasteiger partial charge in [-0.05, 0) is 18.4 Å². The van der Waals surface area contributed by atoms with Crippen LogP contribution in [-0.2, 0) is 20.9 Å². The average Bonchev–Trinajstić information content (AvgIpc) is 3.09. The van der Waals surface area contributed by atoms with E-state index in [1.165, 1.54) is 5.56 Å². The van der Waals surface area contributed by atoms with Crippen LogP contribution < -0.4 is 0 Å². The van der Waals surface area contributed by atoms with E-state index in [1.807, 2.05) is 30.3 Å². The van der Waals surface area contributed by atoms with E-state index in [9.17, 15) is 4.79 Å². The van der Waals surface area contributed by atoms with Gasteiger partial charge < -0.3 is 14.3 Å². The summed E-state index contributed by atoms with van der Waals surface area (Å²) in [7, 11) is 0. The van der Waals surface area contributed by atoms with Gasteiger partial charge in [0, 0.05) is 6.61 Å². The number of carbonyl (C=O) groups is 1. The number of hydrogen-bond acceptors (Lipinski definition) is 3. The van der Waals surface area contributed by atoms with E-state index in [-0.39, 0.29) is 12.2 Å². The molecule has 1 aliphatic rings. The second-order valence-corrected chi connectivity index (χ2v) is 3.96. The maximum atomic E-state index is 10.3. The number of epoxide rings is 1. The van der Waals surface area contributed by atoms with Crippen LogP contribution in [0.4, 0.5) is 0 Å². The molecule has 1 aromatic rings. The summed E-state index contributed by atoms with van der Waals surface area (Å²) in [4.78, 5) is 10.3. The fourth-order valence-corrected chi connectivity index (χ4v) is 1.66. The van der Waals surface area contributed by atoms with Crippen LogP contribution in [0.15, 0.2) is 30.3 Å². The number of aldehydes is 1. The van der Waals surface area contributed by atoms with Gasteiger partial charge in [0.2, 0.25) is 0 Å². The van der Waals surface area contributed by atoms with Gasteiger partial charge in [-0.25, -0.2) is 0 Å². The van der Waals surface area contributed by atoms with Crippen molar-refractivity contribution in [3.63, 3.8) is 0 Å². The van der Waals surface area contributed by atoms with Crippen LogP contribution in [0.25, 0.3) is 0 Å². The van der Waals surface area contributed by atoms with Gasteiger partial charge in [0.25, 0.3) is 0 Å². The van der Waals surface area contributed by atoms with Gasteiger partial charge in [0.05, 0.1) is 12.7 Å². The van der Waals surface area contributed by atoms with E-state index in [4.69, 9.17) is 9.47 Å². The summed E-state index contributed by atoms with van der Waals surface area (Å²) >= 11 is 0. The number of carbonyl (C=O) groups excluding carboxylic acids is 1. The first-order chi connectivity index (χ1) is 7.90. The molecule has 0 saturated carbocycles. The molecule has 0 unspecified atom stereocenters. The first-order valence-corrected chi connectivity index (χ1v) is 5.62. The summed E-state index contributed by atoms with van der Waals surface area (Å²) in [6.07, 6.45) is 2.74. The van der Waals surface area contributed by atoms with Crippen LogP contribution in [0.5, 0.6) is 0 Å². The number of benzene rings is 1. The lowest BCUT2D eigenvalue weighted by Gasteiger charge is -2.03. The molecule has 0 bridgehead atoms. The van der Waals surface area contributed by atoms with Crippen LogP contribution in [0.3, 0.4) is 0 Å². The molecule has 1 saturated heterocycles. The molecule has 3 heteroatoms. The Balaban J connectivity index is 1.51. The molecule has 2 rings (SSSR count). The largest absolute Gasteiger partial charge is 0.377 e. The van der Waals surface area contributed by atoms with Crippen molar-refractivity contribution in [2.45, 2.75) is 31.7 Å². The van der Waals surface area contributed by atoms with Gasteiger partial charge in [-0.1, -0.05) is 30.3 Å². The van der Waals surface area contributed by atoms with Crippen LogP contribution in [0, 0.1) is 0 Å².